The van der Waals surface area contributed by atoms with Gasteiger partial charge in [0.1, 0.15) is 0 Å². The predicted octanol–water partition coefficient (Wildman–Crippen LogP) is 2.07. The molecule has 1 atom stereocenters. The Morgan fingerprint density at radius 2 is 2.26 bits per heavy atom. The van der Waals surface area contributed by atoms with Crippen molar-refractivity contribution in [2.75, 3.05) is 18.0 Å². The van der Waals surface area contributed by atoms with Crippen LogP contribution in [0.3, 0.4) is 0 Å². The van der Waals surface area contributed by atoms with E-state index in [9.17, 15) is 4.79 Å². The Morgan fingerprint density at radius 3 is 3.00 bits per heavy atom. The molecule has 0 radical (unpaired) electrons. The Kier molecular flexibility index (Phi) is 4.60. The lowest BCUT2D eigenvalue weighted by Gasteiger charge is -2.33. The van der Waals surface area contributed by atoms with Crippen LogP contribution in [0.1, 0.15) is 41.5 Å². The van der Waals surface area contributed by atoms with Crippen molar-refractivity contribution >= 4 is 11.7 Å². The molecule has 122 valence electrons. The molecule has 1 amide bonds. The molecule has 2 aromatic rings. The highest BCUT2D eigenvalue weighted by atomic mass is 16.1. The van der Waals surface area contributed by atoms with Gasteiger partial charge in [0.2, 0.25) is 0 Å². The van der Waals surface area contributed by atoms with E-state index in [-0.39, 0.29) is 11.9 Å². The van der Waals surface area contributed by atoms with Crippen molar-refractivity contribution in [3.05, 3.63) is 41.3 Å². The van der Waals surface area contributed by atoms with E-state index < -0.39 is 0 Å². The van der Waals surface area contributed by atoms with Gasteiger partial charge in [-0.05, 0) is 44.4 Å². The third-order valence-corrected chi connectivity index (χ3v) is 4.30. The van der Waals surface area contributed by atoms with Crippen LogP contribution in [-0.4, -0.2) is 40.2 Å². The first-order valence-corrected chi connectivity index (χ1v) is 8.19. The maximum absolute atomic E-state index is 12.5. The van der Waals surface area contributed by atoms with Gasteiger partial charge in [0.05, 0.1) is 11.3 Å². The Morgan fingerprint density at radius 1 is 1.39 bits per heavy atom. The van der Waals surface area contributed by atoms with Gasteiger partial charge in [-0.25, -0.2) is 0 Å². The summed E-state index contributed by atoms with van der Waals surface area (Å²) in [5.41, 5.74) is 2.65. The smallest absolute Gasteiger partial charge is 0.253 e. The quantitative estimate of drug-likeness (QED) is 0.906. The number of anilines is 1. The first kappa shape index (κ1) is 15.5. The normalized spacial score (nSPS) is 18.0. The molecule has 0 aromatic carbocycles. The third-order valence-electron chi connectivity index (χ3n) is 4.30. The Labute approximate surface area is 136 Å². The van der Waals surface area contributed by atoms with E-state index in [0.29, 0.717) is 0 Å². The van der Waals surface area contributed by atoms with Crippen LogP contribution in [0.2, 0.25) is 0 Å². The number of carbonyl (C=O) groups is 1. The second kappa shape index (κ2) is 6.81. The molecule has 1 unspecified atom stereocenters. The van der Waals surface area contributed by atoms with Crippen LogP contribution in [0, 0.1) is 6.92 Å². The minimum absolute atomic E-state index is 0.00457. The SMILES string of the molecule is CCc1[nH]ccc1C(=O)NC1CCCN(c2ccc(C)nn2)C1. The first-order chi connectivity index (χ1) is 11.2. The summed E-state index contributed by atoms with van der Waals surface area (Å²) >= 11 is 0. The lowest BCUT2D eigenvalue weighted by Crippen LogP contribution is -2.48. The highest BCUT2D eigenvalue weighted by molar-refractivity contribution is 5.95. The third kappa shape index (κ3) is 3.52. The number of H-pyrrole nitrogens is 1. The zero-order chi connectivity index (χ0) is 16.2. The average molecular weight is 313 g/mol. The van der Waals surface area contributed by atoms with Crippen molar-refractivity contribution in [3.8, 4) is 0 Å². The highest BCUT2D eigenvalue weighted by Crippen LogP contribution is 2.18. The number of nitrogens with zero attached hydrogens (tertiary/aromatic N) is 3. The summed E-state index contributed by atoms with van der Waals surface area (Å²) in [5.74, 6) is 0.885. The molecule has 1 aliphatic rings. The number of piperidine rings is 1. The summed E-state index contributed by atoms with van der Waals surface area (Å²) in [7, 11) is 0. The van der Waals surface area contributed by atoms with Crippen LogP contribution in [-0.2, 0) is 6.42 Å². The van der Waals surface area contributed by atoms with Crippen molar-refractivity contribution in [2.45, 2.75) is 39.2 Å². The van der Waals surface area contributed by atoms with Gasteiger partial charge in [0, 0.05) is 31.0 Å². The number of amides is 1. The van der Waals surface area contributed by atoms with Crippen LogP contribution < -0.4 is 10.2 Å². The number of hydrogen-bond acceptors (Lipinski definition) is 4. The van der Waals surface area contributed by atoms with Crippen LogP contribution >= 0.6 is 0 Å². The fraction of sp³-hybridized carbons (Fsp3) is 0.471. The molecule has 0 bridgehead atoms. The molecule has 1 fully saturated rings. The first-order valence-electron chi connectivity index (χ1n) is 8.19. The van der Waals surface area contributed by atoms with E-state index in [1.54, 1.807) is 0 Å². The second-order valence-electron chi connectivity index (χ2n) is 6.01. The molecule has 2 aromatic heterocycles. The zero-order valence-electron chi connectivity index (χ0n) is 13.7. The number of aromatic nitrogens is 3. The average Bonchev–Trinajstić information content (AvgIpc) is 3.04. The molecule has 2 N–H and O–H groups in total. The van der Waals surface area contributed by atoms with Gasteiger partial charge in [0.15, 0.2) is 5.82 Å². The molecule has 23 heavy (non-hydrogen) atoms. The lowest BCUT2D eigenvalue weighted by molar-refractivity contribution is 0.0932. The minimum atomic E-state index is 0.00457. The van der Waals surface area contributed by atoms with Gasteiger partial charge < -0.3 is 15.2 Å². The molecule has 1 aliphatic heterocycles. The monoisotopic (exact) mass is 313 g/mol. The molecular formula is C17H23N5O. The molecule has 3 rings (SSSR count). The van der Waals surface area contributed by atoms with E-state index in [1.165, 1.54) is 0 Å². The van der Waals surface area contributed by atoms with Gasteiger partial charge in [0.25, 0.3) is 5.91 Å². The largest absolute Gasteiger partial charge is 0.364 e. The highest BCUT2D eigenvalue weighted by Gasteiger charge is 2.23. The summed E-state index contributed by atoms with van der Waals surface area (Å²) < 4.78 is 0. The van der Waals surface area contributed by atoms with Gasteiger partial charge in [-0.15, -0.1) is 5.10 Å². The van der Waals surface area contributed by atoms with Crippen molar-refractivity contribution in [3.63, 3.8) is 0 Å². The summed E-state index contributed by atoms with van der Waals surface area (Å²) in [5, 5.41) is 11.5. The molecule has 1 saturated heterocycles. The number of carbonyl (C=O) groups excluding carboxylic acids is 1. The predicted molar refractivity (Wildman–Crippen MR) is 89.6 cm³/mol. The molecular weight excluding hydrogens is 290 g/mol. The fourth-order valence-corrected chi connectivity index (χ4v) is 3.04. The number of aromatic amines is 1. The summed E-state index contributed by atoms with van der Waals surface area (Å²) in [6, 6.07) is 5.95. The summed E-state index contributed by atoms with van der Waals surface area (Å²) in [6.45, 7) is 5.70. The van der Waals surface area contributed by atoms with Crippen molar-refractivity contribution < 1.29 is 4.79 Å². The van der Waals surface area contributed by atoms with Gasteiger partial charge in [-0.3, -0.25) is 4.79 Å². The molecule has 6 nitrogen and oxygen atoms in total. The van der Waals surface area contributed by atoms with E-state index in [0.717, 1.165) is 55.1 Å². The van der Waals surface area contributed by atoms with Crippen molar-refractivity contribution in [1.82, 2.24) is 20.5 Å². The standard InChI is InChI=1S/C17H23N5O/c1-3-15-14(8-9-18-15)17(23)19-13-5-4-10-22(11-13)16-7-6-12(2)20-21-16/h6-9,13,18H,3-5,10-11H2,1-2H3,(H,19,23). The van der Waals surface area contributed by atoms with Crippen LogP contribution in [0.15, 0.2) is 24.4 Å². The van der Waals surface area contributed by atoms with Crippen LogP contribution in [0.25, 0.3) is 0 Å². The van der Waals surface area contributed by atoms with E-state index >= 15 is 0 Å². The number of aryl methyl sites for hydroxylation is 2. The molecule has 0 saturated carbocycles. The Balaban J connectivity index is 1.64. The molecule has 0 aliphatic carbocycles. The maximum Gasteiger partial charge on any atom is 0.253 e. The Bertz CT molecular complexity index is 664. The Hall–Kier alpha value is -2.37. The van der Waals surface area contributed by atoms with E-state index in [4.69, 9.17) is 0 Å². The van der Waals surface area contributed by atoms with Crippen molar-refractivity contribution in [1.29, 1.82) is 0 Å². The van der Waals surface area contributed by atoms with Gasteiger partial charge >= 0.3 is 0 Å². The van der Waals surface area contributed by atoms with Gasteiger partial charge in [-0.2, -0.15) is 5.10 Å². The van der Waals surface area contributed by atoms with Crippen LogP contribution in [0.5, 0.6) is 0 Å². The van der Waals surface area contributed by atoms with Crippen LogP contribution in [0.4, 0.5) is 5.82 Å². The zero-order valence-corrected chi connectivity index (χ0v) is 13.7. The number of rotatable bonds is 4. The number of nitrogens with one attached hydrogen (secondary N) is 2. The molecule has 3 heterocycles. The van der Waals surface area contributed by atoms with Crippen molar-refractivity contribution in [2.24, 2.45) is 0 Å². The van der Waals surface area contributed by atoms with E-state index in [1.807, 2.05) is 38.2 Å². The summed E-state index contributed by atoms with van der Waals surface area (Å²) in [4.78, 5) is 17.8. The molecule has 0 spiro atoms. The van der Waals surface area contributed by atoms with E-state index in [2.05, 4.69) is 25.4 Å². The second-order valence-corrected chi connectivity index (χ2v) is 6.01. The fourth-order valence-electron chi connectivity index (χ4n) is 3.04. The van der Waals surface area contributed by atoms with Gasteiger partial charge in [-0.1, -0.05) is 6.92 Å². The minimum Gasteiger partial charge on any atom is -0.364 e. The summed E-state index contributed by atoms with van der Waals surface area (Å²) in [6.07, 6.45) is 4.68. The maximum atomic E-state index is 12.5. The lowest BCUT2D eigenvalue weighted by atomic mass is 10.0. The topological polar surface area (TPSA) is 73.9 Å². The number of hydrogen-bond donors (Lipinski definition) is 2. The molecule has 6 heteroatoms.